The van der Waals surface area contributed by atoms with Gasteiger partial charge in [0.25, 0.3) is 0 Å². The van der Waals surface area contributed by atoms with Gasteiger partial charge in [-0.2, -0.15) is 5.10 Å². The monoisotopic (exact) mass is 332 g/mol. The van der Waals surface area contributed by atoms with Crippen molar-refractivity contribution in [3.8, 4) is 0 Å². The lowest BCUT2D eigenvalue weighted by Crippen LogP contribution is -2.32. The molecular weight excluding hydrogens is 308 g/mol. The second-order valence-corrected chi connectivity index (χ2v) is 6.63. The number of hydrogen-bond acceptors (Lipinski definition) is 3. The van der Waals surface area contributed by atoms with Gasteiger partial charge in [-0.3, -0.25) is 9.58 Å². The van der Waals surface area contributed by atoms with Crippen LogP contribution < -0.4 is 5.32 Å². The van der Waals surface area contributed by atoms with Crippen molar-refractivity contribution >= 4 is 18.1 Å². The van der Waals surface area contributed by atoms with Crippen molar-refractivity contribution in [2.24, 2.45) is 7.05 Å². The molecule has 23 heavy (non-hydrogen) atoms. The van der Waals surface area contributed by atoms with Gasteiger partial charge in [-0.1, -0.05) is 18.2 Å². The van der Waals surface area contributed by atoms with Crippen molar-refractivity contribution in [3.05, 3.63) is 47.3 Å². The Bertz CT molecular complexity index is 659. The van der Waals surface area contributed by atoms with E-state index < -0.39 is 0 Å². The number of nitrogens with zero attached hydrogens (tertiary/aromatic N) is 3. The normalized spacial score (nSPS) is 18.3. The van der Waals surface area contributed by atoms with E-state index in [0.29, 0.717) is 5.92 Å². The van der Waals surface area contributed by atoms with Crippen LogP contribution in [0, 0.1) is 0 Å². The lowest BCUT2D eigenvalue weighted by Gasteiger charge is -2.32. The summed E-state index contributed by atoms with van der Waals surface area (Å²) in [5.74, 6) is 0.685. The molecule has 4 rings (SSSR count). The molecule has 0 unspecified atom stereocenters. The fraction of sp³-hybridized carbons (Fsp3) is 0.500. The number of halogens is 1. The Kier molecular flexibility index (Phi) is 4.93. The molecule has 4 nitrogen and oxygen atoms in total. The molecule has 1 saturated heterocycles. The first-order chi connectivity index (χ1) is 10.8. The van der Waals surface area contributed by atoms with Gasteiger partial charge in [-0.05, 0) is 55.0 Å². The largest absolute Gasteiger partial charge is 0.384 e. The highest BCUT2D eigenvalue weighted by atomic mass is 35.5. The number of hydrogen-bond donors (Lipinski definition) is 1. The van der Waals surface area contributed by atoms with Crippen LogP contribution in [0.25, 0.3) is 0 Å². The first-order valence-electron chi connectivity index (χ1n) is 8.35. The molecule has 0 radical (unpaired) electrons. The van der Waals surface area contributed by atoms with E-state index in [4.69, 9.17) is 0 Å². The van der Waals surface area contributed by atoms with Gasteiger partial charge in [0.2, 0.25) is 0 Å². The Morgan fingerprint density at radius 2 is 2.09 bits per heavy atom. The Hall–Kier alpha value is -1.52. The van der Waals surface area contributed by atoms with Crippen molar-refractivity contribution in [1.29, 1.82) is 0 Å². The van der Waals surface area contributed by atoms with Crippen LogP contribution in [0.1, 0.15) is 35.4 Å². The first-order valence-corrected chi connectivity index (χ1v) is 8.35. The highest BCUT2D eigenvalue weighted by Crippen LogP contribution is 2.31. The lowest BCUT2D eigenvalue weighted by molar-refractivity contribution is 0.205. The number of aromatic nitrogens is 2. The third-order valence-corrected chi connectivity index (χ3v) is 5.11. The maximum atomic E-state index is 4.31. The van der Waals surface area contributed by atoms with E-state index in [-0.39, 0.29) is 12.4 Å². The Labute approximate surface area is 144 Å². The van der Waals surface area contributed by atoms with Gasteiger partial charge >= 0.3 is 0 Å². The summed E-state index contributed by atoms with van der Waals surface area (Å²) in [6.45, 7) is 4.54. The Morgan fingerprint density at radius 3 is 2.83 bits per heavy atom. The molecular formula is C18H25ClN4. The summed E-state index contributed by atoms with van der Waals surface area (Å²) in [5, 5.41) is 7.87. The molecule has 0 aliphatic carbocycles. The maximum Gasteiger partial charge on any atom is 0.0524 e. The predicted octanol–water partition coefficient (Wildman–Crippen LogP) is 3.19. The van der Waals surface area contributed by atoms with Gasteiger partial charge < -0.3 is 5.32 Å². The van der Waals surface area contributed by atoms with Crippen molar-refractivity contribution < 1.29 is 0 Å². The molecule has 124 valence electrons. The van der Waals surface area contributed by atoms with E-state index in [2.05, 4.69) is 39.7 Å². The first kappa shape index (κ1) is 16.3. The number of piperidine rings is 1. The average molecular weight is 333 g/mol. The van der Waals surface area contributed by atoms with E-state index in [1.165, 1.54) is 54.7 Å². The standard InChI is InChI=1S/C18H24N4.ClH/c1-21-12-17(11-20-21)14-6-9-22(10-7-14)13-16-4-2-3-15-5-8-19-18(15)16;/h2-4,11-12,14,19H,5-10,13H2,1H3;1H. The summed E-state index contributed by atoms with van der Waals surface area (Å²) in [7, 11) is 2.00. The molecule has 2 aliphatic heterocycles. The number of fused-ring (bicyclic) bond motifs is 1. The lowest BCUT2D eigenvalue weighted by atomic mass is 9.91. The number of rotatable bonds is 3. The zero-order valence-corrected chi connectivity index (χ0v) is 14.5. The fourth-order valence-corrected chi connectivity index (χ4v) is 3.86. The molecule has 0 bridgehead atoms. The number of likely N-dealkylation sites (tertiary alicyclic amines) is 1. The zero-order chi connectivity index (χ0) is 14.9. The predicted molar refractivity (Wildman–Crippen MR) is 96.3 cm³/mol. The van der Waals surface area contributed by atoms with E-state index in [9.17, 15) is 0 Å². The summed E-state index contributed by atoms with van der Waals surface area (Å²) >= 11 is 0. The minimum absolute atomic E-state index is 0. The average Bonchev–Trinajstić information content (AvgIpc) is 3.17. The maximum absolute atomic E-state index is 4.31. The van der Waals surface area contributed by atoms with Crippen LogP contribution in [0.15, 0.2) is 30.6 Å². The highest BCUT2D eigenvalue weighted by Gasteiger charge is 2.23. The van der Waals surface area contributed by atoms with Gasteiger partial charge in [0.1, 0.15) is 0 Å². The van der Waals surface area contributed by atoms with Gasteiger partial charge in [0, 0.05) is 32.0 Å². The van der Waals surface area contributed by atoms with E-state index in [0.717, 1.165) is 13.1 Å². The molecule has 1 aromatic carbocycles. The third-order valence-electron chi connectivity index (χ3n) is 5.11. The molecule has 0 atom stereocenters. The molecule has 0 saturated carbocycles. The topological polar surface area (TPSA) is 33.1 Å². The molecule has 0 spiro atoms. The van der Waals surface area contributed by atoms with Gasteiger partial charge in [-0.15, -0.1) is 12.4 Å². The van der Waals surface area contributed by atoms with E-state index in [1.807, 2.05) is 17.9 Å². The molecule has 0 amide bonds. The van der Waals surface area contributed by atoms with Crippen LogP contribution in [0.2, 0.25) is 0 Å². The quantitative estimate of drug-likeness (QED) is 0.937. The van der Waals surface area contributed by atoms with Crippen molar-refractivity contribution in [1.82, 2.24) is 14.7 Å². The van der Waals surface area contributed by atoms with Crippen LogP contribution in [-0.4, -0.2) is 34.3 Å². The Morgan fingerprint density at radius 1 is 1.26 bits per heavy atom. The van der Waals surface area contributed by atoms with Crippen LogP contribution in [0.5, 0.6) is 0 Å². The number of nitrogens with one attached hydrogen (secondary N) is 1. The van der Waals surface area contributed by atoms with Crippen molar-refractivity contribution in [2.75, 3.05) is 25.0 Å². The van der Waals surface area contributed by atoms with Crippen LogP contribution in [0.4, 0.5) is 5.69 Å². The van der Waals surface area contributed by atoms with E-state index in [1.54, 1.807) is 0 Å². The second kappa shape index (κ2) is 6.93. The van der Waals surface area contributed by atoms with Gasteiger partial charge in [0.05, 0.1) is 6.20 Å². The summed E-state index contributed by atoms with van der Waals surface area (Å²) in [5.41, 5.74) is 5.76. The number of para-hydroxylation sites is 1. The van der Waals surface area contributed by atoms with Crippen LogP contribution in [0.3, 0.4) is 0 Å². The van der Waals surface area contributed by atoms with Gasteiger partial charge in [0.15, 0.2) is 0 Å². The molecule has 2 aliphatic rings. The summed E-state index contributed by atoms with van der Waals surface area (Å²) in [6, 6.07) is 6.75. The molecule has 5 heteroatoms. The summed E-state index contributed by atoms with van der Waals surface area (Å²) in [4.78, 5) is 2.60. The molecule has 1 aromatic heterocycles. The minimum Gasteiger partial charge on any atom is -0.384 e. The van der Waals surface area contributed by atoms with Crippen molar-refractivity contribution in [3.63, 3.8) is 0 Å². The minimum atomic E-state index is 0. The van der Waals surface area contributed by atoms with E-state index >= 15 is 0 Å². The summed E-state index contributed by atoms with van der Waals surface area (Å²) in [6.07, 6.45) is 7.87. The number of anilines is 1. The summed E-state index contributed by atoms with van der Waals surface area (Å²) < 4.78 is 1.92. The van der Waals surface area contributed by atoms with Crippen molar-refractivity contribution in [2.45, 2.75) is 31.7 Å². The number of benzene rings is 1. The SMILES string of the molecule is Cl.Cn1cc(C2CCN(Cc3cccc4c3NCC4)CC2)cn1. The Balaban J connectivity index is 0.00000156. The molecule has 3 heterocycles. The highest BCUT2D eigenvalue weighted by molar-refractivity contribution is 5.85. The third kappa shape index (κ3) is 3.38. The van der Waals surface area contributed by atoms with Crippen LogP contribution >= 0.6 is 12.4 Å². The second-order valence-electron chi connectivity index (χ2n) is 6.63. The zero-order valence-electron chi connectivity index (χ0n) is 13.7. The fourth-order valence-electron chi connectivity index (χ4n) is 3.86. The molecule has 1 fully saturated rings. The van der Waals surface area contributed by atoms with Gasteiger partial charge in [-0.25, -0.2) is 0 Å². The van der Waals surface area contributed by atoms with Crippen LogP contribution in [-0.2, 0) is 20.0 Å². The molecule has 1 N–H and O–H groups in total. The smallest absolute Gasteiger partial charge is 0.0524 e. The number of aryl methyl sites for hydroxylation is 1. The molecule has 2 aromatic rings.